The molecule has 0 aliphatic carbocycles. The number of rotatable bonds is 5. The van der Waals surface area contributed by atoms with E-state index in [4.69, 9.17) is 5.73 Å². The van der Waals surface area contributed by atoms with Gasteiger partial charge in [-0.1, -0.05) is 32.9 Å². The van der Waals surface area contributed by atoms with E-state index in [0.29, 0.717) is 5.56 Å². The molecule has 1 unspecified atom stereocenters. The van der Waals surface area contributed by atoms with Crippen molar-refractivity contribution >= 4 is 15.8 Å². The van der Waals surface area contributed by atoms with Crippen LogP contribution in [0.3, 0.4) is 0 Å². The molecule has 5 nitrogen and oxygen atoms in total. The fraction of sp³-hybridized carbons (Fsp3) is 0.500. The molecule has 1 aromatic rings. The lowest BCUT2D eigenvalue weighted by Crippen LogP contribution is -2.48. The first-order valence-electron chi connectivity index (χ1n) is 6.41. The zero-order valence-corrected chi connectivity index (χ0v) is 13.1. The Morgan fingerprint density at radius 1 is 1.35 bits per heavy atom. The summed E-state index contributed by atoms with van der Waals surface area (Å²) < 4.78 is 27.3. The predicted octanol–water partition coefficient (Wildman–Crippen LogP) is 1.54. The van der Waals surface area contributed by atoms with Crippen LogP contribution < -0.4 is 10.5 Å². The molecule has 0 amide bonds. The highest BCUT2D eigenvalue weighted by atomic mass is 32.2. The monoisotopic (exact) mass is 298 g/mol. The number of hydrogen-bond donors (Lipinski definition) is 2. The molecule has 112 valence electrons. The van der Waals surface area contributed by atoms with Crippen molar-refractivity contribution in [1.29, 1.82) is 0 Å². The molecular weight excluding hydrogens is 276 g/mol. The van der Waals surface area contributed by atoms with E-state index in [0.717, 1.165) is 0 Å². The van der Waals surface area contributed by atoms with E-state index < -0.39 is 10.0 Å². The summed E-state index contributed by atoms with van der Waals surface area (Å²) in [5.74, 6) is -0.173. The van der Waals surface area contributed by atoms with Gasteiger partial charge in [-0.05, 0) is 24.5 Å². The molecule has 0 aromatic heterocycles. The molecule has 0 aliphatic rings. The summed E-state index contributed by atoms with van der Waals surface area (Å²) in [6, 6.07) is 5.60. The van der Waals surface area contributed by atoms with E-state index in [1.165, 1.54) is 19.1 Å². The second-order valence-corrected chi connectivity index (χ2v) is 7.57. The van der Waals surface area contributed by atoms with Gasteiger partial charge in [-0.15, -0.1) is 0 Å². The van der Waals surface area contributed by atoms with Crippen LogP contribution >= 0.6 is 0 Å². The quantitative estimate of drug-likeness (QED) is 0.807. The van der Waals surface area contributed by atoms with Crippen LogP contribution in [0.2, 0.25) is 0 Å². The van der Waals surface area contributed by atoms with Crippen molar-refractivity contribution < 1.29 is 13.2 Å². The highest BCUT2D eigenvalue weighted by Gasteiger charge is 2.28. The lowest BCUT2D eigenvalue weighted by molar-refractivity contribution is 0.101. The number of nitrogens with one attached hydrogen (secondary N) is 1. The second kappa shape index (κ2) is 6.03. The average Bonchev–Trinajstić information content (AvgIpc) is 2.34. The topological polar surface area (TPSA) is 89.3 Å². The van der Waals surface area contributed by atoms with E-state index in [1.54, 1.807) is 12.1 Å². The van der Waals surface area contributed by atoms with Gasteiger partial charge in [0, 0.05) is 18.2 Å². The van der Waals surface area contributed by atoms with Crippen molar-refractivity contribution in [2.75, 3.05) is 6.54 Å². The first-order chi connectivity index (χ1) is 9.08. The standard InChI is InChI=1S/C14H22N2O3S/c1-10(17)11-6-5-7-12(8-11)20(18,19)16-13(9-15)14(2,3)4/h5-8,13,16H,9,15H2,1-4H3. The van der Waals surface area contributed by atoms with Crippen LogP contribution in [0.1, 0.15) is 38.1 Å². The Labute approximate surface area is 120 Å². The zero-order chi connectivity index (χ0) is 15.6. The van der Waals surface area contributed by atoms with Gasteiger partial charge in [0.15, 0.2) is 5.78 Å². The van der Waals surface area contributed by atoms with Gasteiger partial charge in [0.05, 0.1) is 4.90 Å². The predicted molar refractivity (Wildman–Crippen MR) is 79.1 cm³/mol. The van der Waals surface area contributed by atoms with Gasteiger partial charge in [-0.2, -0.15) is 0 Å². The molecular formula is C14H22N2O3S. The van der Waals surface area contributed by atoms with Crippen LogP contribution in [-0.4, -0.2) is 26.8 Å². The average molecular weight is 298 g/mol. The Hall–Kier alpha value is -1.24. The van der Waals surface area contributed by atoms with Gasteiger partial charge in [-0.3, -0.25) is 4.79 Å². The number of carbonyl (C=O) groups excluding carboxylic acids is 1. The fourth-order valence-corrected chi connectivity index (χ4v) is 3.22. The van der Waals surface area contributed by atoms with Crippen LogP contribution in [0.5, 0.6) is 0 Å². The third kappa shape index (κ3) is 4.13. The zero-order valence-electron chi connectivity index (χ0n) is 12.3. The Bertz CT molecular complexity index is 589. The summed E-state index contributed by atoms with van der Waals surface area (Å²) in [6.45, 7) is 7.35. The molecule has 0 spiro atoms. The lowest BCUT2D eigenvalue weighted by Gasteiger charge is -2.30. The van der Waals surface area contributed by atoms with Crippen molar-refractivity contribution in [1.82, 2.24) is 4.72 Å². The van der Waals surface area contributed by atoms with Gasteiger partial charge < -0.3 is 5.73 Å². The summed E-state index contributed by atoms with van der Waals surface area (Å²) in [5.41, 5.74) is 5.72. The van der Waals surface area contributed by atoms with Crippen LogP contribution in [0.25, 0.3) is 0 Å². The highest BCUT2D eigenvalue weighted by molar-refractivity contribution is 7.89. The number of nitrogens with two attached hydrogens (primary N) is 1. The summed E-state index contributed by atoms with van der Waals surface area (Å²) in [6.07, 6.45) is 0. The molecule has 1 rings (SSSR count). The first kappa shape index (κ1) is 16.8. The van der Waals surface area contributed by atoms with Gasteiger partial charge in [0.25, 0.3) is 0 Å². The number of benzene rings is 1. The Morgan fingerprint density at radius 3 is 2.40 bits per heavy atom. The summed E-state index contributed by atoms with van der Waals surface area (Å²) in [7, 11) is -3.69. The van der Waals surface area contributed by atoms with Crippen LogP contribution in [0.4, 0.5) is 0 Å². The minimum Gasteiger partial charge on any atom is -0.329 e. The minimum absolute atomic E-state index is 0.0768. The molecule has 0 bridgehead atoms. The third-order valence-corrected chi connectivity index (χ3v) is 4.60. The van der Waals surface area contributed by atoms with E-state index in [1.807, 2.05) is 20.8 Å². The largest absolute Gasteiger partial charge is 0.329 e. The van der Waals surface area contributed by atoms with Crippen LogP contribution in [0.15, 0.2) is 29.2 Å². The maximum Gasteiger partial charge on any atom is 0.240 e. The Kier molecular flexibility index (Phi) is 5.07. The molecule has 1 aromatic carbocycles. The number of Topliss-reactive ketones (excluding diaryl/α,β-unsaturated/α-hetero) is 1. The van der Waals surface area contributed by atoms with Crippen molar-refractivity contribution in [2.24, 2.45) is 11.1 Å². The SMILES string of the molecule is CC(=O)c1cccc(S(=O)(=O)NC(CN)C(C)(C)C)c1. The summed E-state index contributed by atoms with van der Waals surface area (Å²) in [5, 5.41) is 0. The molecule has 0 saturated heterocycles. The fourth-order valence-electron chi connectivity index (χ4n) is 1.72. The number of ketones is 1. The molecule has 0 radical (unpaired) electrons. The van der Waals surface area contributed by atoms with Gasteiger partial charge in [0.2, 0.25) is 10.0 Å². The smallest absolute Gasteiger partial charge is 0.240 e. The minimum atomic E-state index is -3.69. The van der Waals surface area contributed by atoms with E-state index in [9.17, 15) is 13.2 Å². The normalized spacial score (nSPS) is 14.1. The molecule has 6 heteroatoms. The van der Waals surface area contributed by atoms with Crippen molar-refractivity contribution in [3.63, 3.8) is 0 Å². The molecule has 0 saturated carbocycles. The number of carbonyl (C=O) groups is 1. The molecule has 0 heterocycles. The van der Waals surface area contributed by atoms with Crippen LogP contribution in [0, 0.1) is 5.41 Å². The number of hydrogen-bond acceptors (Lipinski definition) is 4. The number of sulfonamides is 1. The van der Waals surface area contributed by atoms with E-state index in [-0.39, 0.29) is 28.7 Å². The van der Waals surface area contributed by atoms with E-state index >= 15 is 0 Å². The van der Waals surface area contributed by atoms with Crippen molar-refractivity contribution in [2.45, 2.75) is 38.6 Å². The van der Waals surface area contributed by atoms with Gasteiger partial charge >= 0.3 is 0 Å². The lowest BCUT2D eigenvalue weighted by atomic mass is 9.88. The third-order valence-electron chi connectivity index (χ3n) is 3.13. The molecule has 20 heavy (non-hydrogen) atoms. The first-order valence-corrected chi connectivity index (χ1v) is 7.89. The highest BCUT2D eigenvalue weighted by Crippen LogP contribution is 2.21. The van der Waals surface area contributed by atoms with Crippen LogP contribution in [-0.2, 0) is 10.0 Å². The summed E-state index contributed by atoms with van der Waals surface area (Å²) in [4.78, 5) is 11.4. The van der Waals surface area contributed by atoms with Crippen molar-refractivity contribution in [3.05, 3.63) is 29.8 Å². The second-order valence-electron chi connectivity index (χ2n) is 5.86. The Balaban J connectivity index is 3.11. The molecule has 1 atom stereocenters. The Morgan fingerprint density at radius 2 is 1.95 bits per heavy atom. The summed E-state index contributed by atoms with van der Waals surface area (Å²) >= 11 is 0. The maximum atomic E-state index is 12.3. The van der Waals surface area contributed by atoms with E-state index in [2.05, 4.69) is 4.72 Å². The molecule has 0 aliphatic heterocycles. The molecule has 3 N–H and O–H groups in total. The maximum absolute atomic E-state index is 12.3. The van der Waals surface area contributed by atoms with Gasteiger partial charge in [-0.25, -0.2) is 13.1 Å². The molecule has 0 fully saturated rings. The van der Waals surface area contributed by atoms with Crippen molar-refractivity contribution in [3.8, 4) is 0 Å². The van der Waals surface area contributed by atoms with Gasteiger partial charge in [0.1, 0.15) is 0 Å².